The maximum atomic E-state index is 4.66. The molecule has 0 radical (unpaired) electrons. The first kappa shape index (κ1) is 12.4. The highest BCUT2D eigenvalue weighted by atomic mass is 32.1. The molecule has 90 valence electrons. The van der Waals surface area contributed by atoms with Gasteiger partial charge in [0.1, 0.15) is 0 Å². The number of pyridine rings is 2. The predicted octanol–water partition coefficient (Wildman–Crippen LogP) is 2.50. The fourth-order valence-electron chi connectivity index (χ4n) is 1.54. The summed E-state index contributed by atoms with van der Waals surface area (Å²) in [6.07, 6.45) is 3.52. The Kier molecular flexibility index (Phi) is 4.53. The van der Waals surface area contributed by atoms with Crippen LogP contribution in [0.15, 0.2) is 53.9 Å². The van der Waals surface area contributed by atoms with E-state index in [1.54, 1.807) is 17.4 Å². The van der Waals surface area contributed by atoms with Crippen LogP contribution in [0.4, 0.5) is 0 Å². The molecule has 2 heterocycles. The summed E-state index contributed by atoms with van der Waals surface area (Å²) < 4.78 is 0. The summed E-state index contributed by atoms with van der Waals surface area (Å²) in [7, 11) is 0. The van der Waals surface area contributed by atoms with Crippen LogP contribution in [-0.2, 0) is 13.1 Å². The number of rotatable bonds is 5. The minimum atomic E-state index is 0.584. The van der Waals surface area contributed by atoms with Crippen LogP contribution < -0.4 is 0 Å². The van der Waals surface area contributed by atoms with Crippen LogP contribution in [0.1, 0.15) is 11.4 Å². The Morgan fingerprint density at radius 2 is 1.56 bits per heavy atom. The van der Waals surface area contributed by atoms with Crippen LogP contribution >= 0.6 is 12.2 Å². The molecule has 0 saturated heterocycles. The molecule has 0 atom stereocenters. The zero-order chi connectivity index (χ0) is 12.6. The summed E-state index contributed by atoms with van der Waals surface area (Å²) in [5.41, 5.74) is 1.87. The average molecular weight is 256 g/mol. The lowest BCUT2D eigenvalue weighted by Crippen LogP contribution is -2.17. The van der Waals surface area contributed by atoms with Crippen LogP contribution in [0.2, 0.25) is 0 Å². The Morgan fingerprint density at radius 3 is 1.94 bits per heavy atom. The topological polar surface area (TPSA) is 41.4 Å². The zero-order valence-electron chi connectivity index (χ0n) is 9.73. The van der Waals surface area contributed by atoms with Crippen LogP contribution in [0.25, 0.3) is 0 Å². The lowest BCUT2D eigenvalue weighted by Gasteiger charge is -2.16. The number of isothiocyanates is 1. The predicted molar refractivity (Wildman–Crippen MR) is 72.7 cm³/mol. The van der Waals surface area contributed by atoms with Gasteiger partial charge in [-0.2, -0.15) is 0 Å². The largest absolute Gasteiger partial charge is 0.276 e. The maximum absolute atomic E-state index is 4.66. The summed E-state index contributed by atoms with van der Waals surface area (Å²) in [5.74, 6) is 0. The normalized spacial score (nSPS) is 9.56. The molecule has 0 spiro atoms. The first-order valence-electron chi connectivity index (χ1n) is 5.51. The third-order valence-electron chi connectivity index (χ3n) is 2.32. The van der Waals surface area contributed by atoms with E-state index in [0.717, 1.165) is 11.4 Å². The van der Waals surface area contributed by atoms with Gasteiger partial charge in [-0.15, -0.1) is 5.10 Å². The van der Waals surface area contributed by atoms with Crippen molar-refractivity contribution >= 4 is 17.4 Å². The monoisotopic (exact) mass is 256 g/mol. The number of nitrogens with zero attached hydrogens (tertiary/aromatic N) is 4. The summed E-state index contributed by atoms with van der Waals surface area (Å²) in [6.45, 7) is 1.17. The Balaban J connectivity index is 2.07. The number of hydrazone groups is 1. The van der Waals surface area contributed by atoms with Crippen molar-refractivity contribution in [2.45, 2.75) is 13.1 Å². The van der Waals surface area contributed by atoms with Crippen LogP contribution in [0.5, 0.6) is 0 Å². The van der Waals surface area contributed by atoms with Crippen molar-refractivity contribution in [3.05, 3.63) is 60.2 Å². The number of hydrogen-bond donors (Lipinski definition) is 0. The van der Waals surface area contributed by atoms with Gasteiger partial charge in [0.2, 0.25) is 0 Å². The van der Waals surface area contributed by atoms with Gasteiger partial charge < -0.3 is 0 Å². The van der Waals surface area contributed by atoms with Crippen molar-refractivity contribution in [2.75, 3.05) is 0 Å². The molecule has 0 aromatic carbocycles. The smallest absolute Gasteiger partial charge is 0.0846 e. The third-order valence-corrected chi connectivity index (χ3v) is 2.41. The molecule has 0 aliphatic rings. The molecule has 5 heteroatoms. The van der Waals surface area contributed by atoms with Gasteiger partial charge in [0.15, 0.2) is 0 Å². The first-order chi connectivity index (χ1) is 8.88. The molecule has 0 fully saturated rings. The van der Waals surface area contributed by atoms with Gasteiger partial charge in [0.05, 0.1) is 29.6 Å². The van der Waals surface area contributed by atoms with E-state index in [4.69, 9.17) is 0 Å². The molecular weight excluding hydrogens is 244 g/mol. The summed E-state index contributed by atoms with van der Waals surface area (Å²) in [4.78, 5) is 8.52. The maximum Gasteiger partial charge on any atom is 0.0846 e. The van der Waals surface area contributed by atoms with Crippen molar-refractivity contribution in [3.8, 4) is 0 Å². The van der Waals surface area contributed by atoms with Crippen molar-refractivity contribution in [3.63, 3.8) is 0 Å². The zero-order valence-corrected chi connectivity index (χ0v) is 10.5. The van der Waals surface area contributed by atoms with Crippen molar-refractivity contribution in [1.29, 1.82) is 0 Å². The Labute approximate surface area is 111 Å². The SMILES string of the molecule is S=C=NN(Cc1ccccn1)Cc1ccccn1. The highest BCUT2D eigenvalue weighted by molar-refractivity contribution is 7.78. The van der Waals surface area contributed by atoms with Gasteiger partial charge in [-0.25, -0.2) is 0 Å². The lowest BCUT2D eigenvalue weighted by molar-refractivity contribution is 0.266. The second kappa shape index (κ2) is 6.59. The Hall–Kier alpha value is -2.10. The van der Waals surface area contributed by atoms with Crippen LogP contribution in [0.3, 0.4) is 0 Å². The van der Waals surface area contributed by atoms with E-state index in [1.165, 1.54) is 0 Å². The highest BCUT2D eigenvalue weighted by Gasteiger charge is 2.05. The molecule has 4 nitrogen and oxygen atoms in total. The molecule has 0 aliphatic heterocycles. The van der Waals surface area contributed by atoms with Crippen molar-refractivity contribution in [1.82, 2.24) is 15.0 Å². The van der Waals surface area contributed by atoms with Gasteiger partial charge in [0.25, 0.3) is 0 Å². The lowest BCUT2D eigenvalue weighted by atomic mass is 10.3. The highest BCUT2D eigenvalue weighted by Crippen LogP contribution is 2.06. The molecule has 0 aliphatic carbocycles. The molecule has 0 N–H and O–H groups in total. The summed E-state index contributed by atoms with van der Waals surface area (Å²) in [6, 6.07) is 11.6. The standard InChI is InChI=1S/C13H12N4S/c18-11-16-17(9-12-5-1-3-7-14-12)10-13-6-2-4-8-15-13/h1-8H,9-10H2. The van der Waals surface area contributed by atoms with E-state index in [1.807, 2.05) is 36.4 Å². The quantitative estimate of drug-likeness (QED) is 0.468. The Morgan fingerprint density at radius 1 is 1.00 bits per heavy atom. The van der Waals surface area contributed by atoms with E-state index in [-0.39, 0.29) is 0 Å². The van der Waals surface area contributed by atoms with Gasteiger partial charge >= 0.3 is 0 Å². The summed E-state index contributed by atoms with van der Waals surface area (Å²) in [5, 5.41) is 8.21. The number of aromatic nitrogens is 2. The van der Waals surface area contributed by atoms with Gasteiger partial charge in [-0.05, 0) is 36.5 Å². The van der Waals surface area contributed by atoms with Gasteiger partial charge in [-0.3, -0.25) is 15.0 Å². The second-order valence-electron chi connectivity index (χ2n) is 3.66. The fraction of sp³-hybridized carbons (Fsp3) is 0.154. The number of hydrogen-bond acceptors (Lipinski definition) is 5. The summed E-state index contributed by atoms with van der Waals surface area (Å²) >= 11 is 4.66. The van der Waals surface area contributed by atoms with Crippen LogP contribution in [0, 0.1) is 0 Å². The van der Waals surface area contributed by atoms with E-state index >= 15 is 0 Å². The van der Waals surface area contributed by atoms with Crippen LogP contribution in [-0.4, -0.2) is 20.1 Å². The average Bonchev–Trinajstić information content (AvgIpc) is 2.41. The van der Waals surface area contributed by atoms with E-state index in [0.29, 0.717) is 13.1 Å². The number of thiocarbonyl (C=S) groups is 1. The molecular formula is C13H12N4S. The van der Waals surface area contributed by atoms with Gasteiger partial charge in [-0.1, -0.05) is 12.1 Å². The third kappa shape index (κ3) is 3.73. The first-order valence-corrected chi connectivity index (χ1v) is 5.92. The molecule has 2 rings (SSSR count). The van der Waals surface area contributed by atoms with E-state index < -0.39 is 0 Å². The molecule has 0 bridgehead atoms. The van der Waals surface area contributed by atoms with Gasteiger partial charge in [0, 0.05) is 12.4 Å². The molecule has 18 heavy (non-hydrogen) atoms. The molecule has 2 aromatic heterocycles. The molecule has 0 unspecified atom stereocenters. The minimum absolute atomic E-state index is 0.584. The molecule has 0 amide bonds. The van der Waals surface area contributed by atoms with E-state index in [9.17, 15) is 0 Å². The fourth-order valence-corrected chi connectivity index (χ4v) is 1.66. The van der Waals surface area contributed by atoms with Crippen molar-refractivity contribution in [2.24, 2.45) is 5.10 Å². The minimum Gasteiger partial charge on any atom is -0.276 e. The molecule has 2 aromatic rings. The Bertz CT molecular complexity index is 482. The second-order valence-corrected chi connectivity index (χ2v) is 3.84. The van der Waals surface area contributed by atoms with Crippen molar-refractivity contribution < 1.29 is 0 Å². The van der Waals surface area contributed by atoms with E-state index in [2.05, 4.69) is 32.4 Å². The molecule has 0 saturated carbocycles.